The molecule has 0 heterocycles. The van der Waals surface area contributed by atoms with Crippen molar-refractivity contribution in [1.82, 2.24) is 0 Å². The van der Waals surface area contributed by atoms with E-state index in [1.54, 1.807) is 12.1 Å². The van der Waals surface area contributed by atoms with Crippen LogP contribution in [0.25, 0.3) is 0 Å². The van der Waals surface area contributed by atoms with Crippen molar-refractivity contribution in [3.8, 4) is 0 Å². The molecule has 0 fully saturated rings. The Balaban J connectivity index is 2.08. The highest BCUT2D eigenvalue weighted by Crippen LogP contribution is 2.20. The summed E-state index contributed by atoms with van der Waals surface area (Å²) >= 11 is 5.81. The third kappa shape index (κ3) is 3.22. The molecule has 0 saturated heterocycles. The van der Waals surface area contributed by atoms with Crippen molar-refractivity contribution in [2.24, 2.45) is 0 Å². The van der Waals surface area contributed by atoms with Gasteiger partial charge in [-0.3, -0.25) is 0 Å². The van der Waals surface area contributed by atoms with Crippen LogP contribution in [0.4, 0.5) is 5.69 Å². The molecule has 3 heteroatoms. The molecule has 3 N–H and O–H groups in total. The molecule has 1 atom stereocenters. The average molecular weight is 248 g/mol. The van der Waals surface area contributed by atoms with Gasteiger partial charge in [-0.15, -0.1) is 0 Å². The van der Waals surface area contributed by atoms with E-state index in [1.165, 1.54) is 0 Å². The quantitative estimate of drug-likeness (QED) is 0.819. The van der Waals surface area contributed by atoms with Crippen LogP contribution in [0, 0.1) is 0 Å². The highest BCUT2D eigenvalue weighted by molar-refractivity contribution is 6.30. The zero-order valence-corrected chi connectivity index (χ0v) is 10.1. The van der Waals surface area contributed by atoms with Gasteiger partial charge in [-0.1, -0.05) is 35.9 Å². The molecular formula is C14H14ClNO. The Morgan fingerprint density at radius 3 is 2.18 bits per heavy atom. The van der Waals surface area contributed by atoms with Crippen LogP contribution < -0.4 is 5.73 Å². The molecular weight excluding hydrogens is 234 g/mol. The minimum atomic E-state index is -0.517. The zero-order chi connectivity index (χ0) is 12.3. The maximum absolute atomic E-state index is 10.1. The molecule has 17 heavy (non-hydrogen) atoms. The van der Waals surface area contributed by atoms with E-state index in [4.69, 9.17) is 17.3 Å². The van der Waals surface area contributed by atoms with Crippen molar-refractivity contribution in [2.75, 3.05) is 5.73 Å². The monoisotopic (exact) mass is 247 g/mol. The molecule has 1 unspecified atom stereocenters. The molecule has 0 aliphatic heterocycles. The van der Waals surface area contributed by atoms with E-state index in [0.717, 1.165) is 11.1 Å². The minimum Gasteiger partial charge on any atom is -0.399 e. The van der Waals surface area contributed by atoms with Gasteiger partial charge in [0.2, 0.25) is 0 Å². The zero-order valence-electron chi connectivity index (χ0n) is 9.31. The highest BCUT2D eigenvalue weighted by atomic mass is 35.5. The van der Waals surface area contributed by atoms with E-state index in [9.17, 15) is 5.11 Å². The van der Waals surface area contributed by atoms with Crippen LogP contribution in [0.5, 0.6) is 0 Å². The summed E-state index contributed by atoms with van der Waals surface area (Å²) in [5.74, 6) is 0. The summed E-state index contributed by atoms with van der Waals surface area (Å²) in [6.45, 7) is 0. The van der Waals surface area contributed by atoms with Crippen molar-refractivity contribution in [1.29, 1.82) is 0 Å². The van der Waals surface area contributed by atoms with Crippen LogP contribution in [0.15, 0.2) is 48.5 Å². The Hall–Kier alpha value is -1.51. The van der Waals surface area contributed by atoms with Gasteiger partial charge in [0.1, 0.15) is 0 Å². The first-order valence-electron chi connectivity index (χ1n) is 5.43. The van der Waals surface area contributed by atoms with E-state index in [-0.39, 0.29) is 0 Å². The predicted octanol–water partition coefficient (Wildman–Crippen LogP) is 3.20. The van der Waals surface area contributed by atoms with Crippen LogP contribution in [-0.2, 0) is 6.42 Å². The van der Waals surface area contributed by atoms with Gasteiger partial charge in [0, 0.05) is 17.1 Å². The maximum atomic E-state index is 10.1. The van der Waals surface area contributed by atoms with Crippen LogP contribution in [0.2, 0.25) is 5.02 Å². The van der Waals surface area contributed by atoms with Crippen molar-refractivity contribution in [2.45, 2.75) is 12.5 Å². The van der Waals surface area contributed by atoms with E-state index in [1.807, 2.05) is 36.4 Å². The van der Waals surface area contributed by atoms with Gasteiger partial charge >= 0.3 is 0 Å². The molecule has 2 nitrogen and oxygen atoms in total. The molecule has 0 spiro atoms. The fourth-order valence-corrected chi connectivity index (χ4v) is 1.81. The number of aliphatic hydroxyl groups is 1. The number of rotatable bonds is 3. The summed E-state index contributed by atoms with van der Waals surface area (Å²) in [6, 6.07) is 14.8. The summed E-state index contributed by atoms with van der Waals surface area (Å²) < 4.78 is 0. The number of nitrogens with two attached hydrogens (primary N) is 1. The second kappa shape index (κ2) is 5.21. The number of aliphatic hydroxyl groups excluding tert-OH is 1. The molecule has 0 aromatic heterocycles. The molecule has 0 radical (unpaired) electrons. The fourth-order valence-electron chi connectivity index (χ4n) is 1.68. The lowest BCUT2D eigenvalue weighted by Crippen LogP contribution is -2.01. The van der Waals surface area contributed by atoms with Gasteiger partial charge < -0.3 is 10.8 Å². The van der Waals surface area contributed by atoms with E-state index in [2.05, 4.69) is 0 Å². The van der Waals surface area contributed by atoms with Gasteiger partial charge in [0.05, 0.1) is 6.10 Å². The van der Waals surface area contributed by atoms with Crippen LogP contribution in [0.3, 0.4) is 0 Å². The van der Waals surface area contributed by atoms with Gasteiger partial charge in [-0.2, -0.15) is 0 Å². The summed E-state index contributed by atoms with van der Waals surface area (Å²) in [7, 11) is 0. The number of nitrogen functional groups attached to an aromatic ring is 1. The predicted molar refractivity (Wildman–Crippen MR) is 71.0 cm³/mol. The van der Waals surface area contributed by atoms with Crippen molar-refractivity contribution in [3.63, 3.8) is 0 Å². The Bertz CT molecular complexity index is 479. The lowest BCUT2D eigenvalue weighted by atomic mass is 10.0. The van der Waals surface area contributed by atoms with Gasteiger partial charge in [-0.25, -0.2) is 0 Å². The molecule has 88 valence electrons. The molecule has 2 aromatic carbocycles. The smallest absolute Gasteiger partial charge is 0.0830 e. The molecule has 0 amide bonds. The van der Waals surface area contributed by atoms with Gasteiger partial charge in [-0.05, 0) is 35.4 Å². The molecule has 0 aliphatic carbocycles. The molecule has 0 saturated carbocycles. The van der Waals surface area contributed by atoms with E-state index < -0.39 is 6.10 Å². The molecule has 0 aliphatic rings. The van der Waals surface area contributed by atoms with Crippen LogP contribution in [0.1, 0.15) is 17.2 Å². The third-order valence-electron chi connectivity index (χ3n) is 2.66. The van der Waals surface area contributed by atoms with E-state index >= 15 is 0 Å². The van der Waals surface area contributed by atoms with Gasteiger partial charge in [0.15, 0.2) is 0 Å². The first-order valence-corrected chi connectivity index (χ1v) is 5.81. The Morgan fingerprint density at radius 1 is 1.00 bits per heavy atom. The minimum absolute atomic E-state index is 0.517. The third-order valence-corrected chi connectivity index (χ3v) is 2.92. The fraction of sp³-hybridized carbons (Fsp3) is 0.143. The standard InChI is InChI=1S/C14H14ClNO/c15-12-5-1-10(2-6-12)9-14(17)11-3-7-13(16)8-4-11/h1-8,14,17H,9,16H2. The number of halogens is 1. The molecule has 2 rings (SSSR count). The van der Waals surface area contributed by atoms with Crippen molar-refractivity contribution >= 4 is 17.3 Å². The SMILES string of the molecule is Nc1ccc(C(O)Cc2ccc(Cl)cc2)cc1. The largest absolute Gasteiger partial charge is 0.399 e. The summed E-state index contributed by atoms with van der Waals surface area (Å²) in [4.78, 5) is 0. The Kier molecular flexibility index (Phi) is 3.67. The summed E-state index contributed by atoms with van der Waals surface area (Å²) in [5, 5.41) is 10.8. The summed E-state index contributed by atoms with van der Waals surface area (Å²) in [5.41, 5.74) is 8.23. The number of hydrogen-bond donors (Lipinski definition) is 2. The first kappa shape index (κ1) is 12.0. The normalized spacial score (nSPS) is 12.4. The van der Waals surface area contributed by atoms with Crippen molar-refractivity contribution < 1.29 is 5.11 Å². The van der Waals surface area contributed by atoms with Crippen LogP contribution in [-0.4, -0.2) is 5.11 Å². The number of anilines is 1. The second-order valence-electron chi connectivity index (χ2n) is 4.01. The highest BCUT2D eigenvalue weighted by Gasteiger charge is 2.08. The second-order valence-corrected chi connectivity index (χ2v) is 4.45. The maximum Gasteiger partial charge on any atom is 0.0830 e. The van der Waals surface area contributed by atoms with Crippen molar-refractivity contribution in [3.05, 3.63) is 64.7 Å². The van der Waals surface area contributed by atoms with Gasteiger partial charge in [0.25, 0.3) is 0 Å². The van der Waals surface area contributed by atoms with E-state index in [0.29, 0.717) is 17.1 Å². The summed E-state index contributed by atoms with van der Waals surface area (Å²) in [6.07, 6.45) is 0.0536. The number of hydrogen-bond acceptors (Lipinski definition) is 2. The molecule has 0 bridgehead atoms. The molecule has 2 aromatic rings. The lowest BCUT2D eigenvalue weighted by Gasteiger charge is -2.11. The average Bonchev–Trinajstić information content (AvgIpc) is 2.33. The lowest BCUT2D eigenvalue weighted by molar-refractivity contribution is 0.178. The number of benzene rings is 2. The van der Waals surface area contributed by atoms with Crippen LogP contribution >= 0.6 is 11.6 Å². The Morgan fingerprint density at radius 2 is 1.59 bits per heavy atom. The first-order chi connectivity index (χ1) is 8.15. The Labute approximate surface area is 106 Å². The topological polar surface area (TPSA) is 46.2 Å².